The molecule has 0 spiro atoms. The fraction of sp³-hybridized carbons (Fsp3) is 0.500. The smallest absolute Gasteiger partial charge is 0.0945 e. The lowest BCUT2D eigenvalue weighted by molar-refractivity contribution is -0.106. The van der Waals surface area contributed by atoms with Crippen LogP contribution in [0.4, 0.5) is 0 Å². The summed E-state index contributed by atoms with van der Waals surface area (Å²) in [5.74, 6) is 0.999. The topological polar surface area (TPSA) is 23.5 Å². The van der Waals surface area contributed by atoms with Crippen LogP contribution in [0.2, 0.25) is 0 Å². The Morgan fingerprint density at radius 2 is 1.69 bits per heavy atom. The van der Waals surface area contributed by atoms with Crippen LogP contribution in [0.5, 0.6) is 0 Å². The number of fused-ring (bicyclic) bond motifs is 3. The molecule has 2 aromatic rings. The summed E-state index contributed by atoms with van der Waals surface area (Å²) in [5, 5.41) is 12.1. The second kappa shape index (κ2) is 7.17. The lowest BCUT2D eigenvalue weighted by atomic mass is 9.65. The summed E-state index contributed by atoms with van der Waals surface area (Å²) in [5.41, 5.74) is 4.24. The highest BCUT2D eigenvalue weighted by Crippen LogP contribution is 2.46. The Kier molecular flexibility index (Phi) is 4.90. The quantitative estimate of drug-likeness (QED) is 0.861. The van der Waals surface area contributed by atoms with Gasteiger partial charge >= 0.3 is 0 Å². The molecule has 0 amide bonds. The summed E-state index contributed by atoms with van der Waals surface area (Å²) in [6, 6.07) is 17.2. The normalized spacial score (nSPS) is 27.3. The van der Waals surface area contributed by atoms with E-state index in [1.165, 1.54) is 42.6 Å². The molecule has 3 aliphatic rings. The fourth-order valence-electron chi connectivity index (χ4n) is 5.17. The highest BCUT2D eigenvalue weighted by atomic mass is 16.3. The first kappa shape index (κ1) is 17.8. The number of aryl methyl sites for hydroxylation is 3. The number of benzene rings is 2. The van der Waals surface area contributed by atoms with E-state index in [1.807, 2.05) is 0 Å². The number of nitrogens with zero attached hydrogens (tertiary/aromatic N) is 1. The van der Waals surface area contributed by atoms with E-state index in [2.05, 4.69) is 67.3 Å². The predicted octanol–water partition coefficient (Wildman–Crippen LogP) is 4.47. The standard InChI is InChI=1S/C24H31NO/c1-18-7-9-20(10-8-18)11-14-24(26,22-6-4-3-5-19(22)2)23-17-25-15-12-21(23)13-16-25/h3-10,21,23,26H,11-17H2,1-2H3. The van der Waals surface area contributed by atoms with Gasteiger partial charge < -0.3 is 10.0 Å². The van der Waals surface area contributed by atoms with Crippen LogP contribution < -0.4 is 0 Å². The Hall–Kier alpha value is -1.64. The van der Waals surface area contributed by atoms with Crippen molar-refractivity contribution in [1.82, 2.24) is 4.90 Å². The van der Waals surface area contributed by atoms with E-state index in [4.69, 9.17) is 0 Å². The summed E-state index contributed by atoms with van der Waals surface area (Å²) in [7, 11) is 0. The maximum absolute atomic E-state index is 12.1. The van der Waals surface area contributed by atoms with Crippen LogP contribution in [0, 0.1) is 25.7 Å². The first-order chi connectivity index (χ1) is 12.6. The summed E-state index contributed by atoms with van der Waals surface area (Å²) in [6.45, 7) is 7.74. The van der Waals surface area contributed by atoms with Gasteiger partial charge in [0.1, 0.15) is 0 Å². The summed E-state index contributed by atoms with van der Waals surface area (Å²) >= 11 is 0. The van der Waals surface area contributed by atoms with Crippen LogP contribution in [0.1, 0.15) is 41.5 Å². The number of piperidine rings is 3. The highest BCUT2D eigenvalue weighted by Gasteiger charge is 2.47. The summed E-state index contributed by atoms with van der Waals surface area (Å²) < 4.78 is 0. The number of aliphatic hydroxyl groups is 1. The van der Waals surface area contributed by atoms with E-state index in [0.717, 1.165) is 24.9 Å². The molecule has 26 heavy (non-hydrogen) atoms. The lowest BCUT2D eigenvalue weighted by Gasteiger charge is -2.51. The molecule has 3 heterocycles. The van der Waals surface area contributed by atoms with Crippen LogP contribution in [0.3, 0.4) is 0 Å². The van der Waals surface area contributed by atoms with Crippen molar-refractivity contribution in [2.45, 2.75) is 45.1 Å². The molecular weight excluding hydrogens is 318 g/mol. The van der Waals surface area contributed by atoms with Gasteiger partial charge in [-0.05, 0) is 75.2 Å². The largest absolute Gasteiger partial charge is 0.385 e. The van der Waals surface area contributed by atoms with Crippen LogP contribution in [0.25, 0.3) is 0 Å². The SMILES string of the molecule is Cc1ccc(CCC(O)(c2ccccc2C)C2CN3CCC2CC3)cc1. The van der Waals surface area contributed by atoms with Gasteiger partial charge in [-0.15, -0.1) is 0 Å². The Morgan fingerprint density at radius 1 is 1.00 bits per heavy atom. The zero-order valence-corrected chi connectivity index (χ0v) is 16.1. The third kappa shape index (κ3) is 3.33. The molecule has 0 aromatic heterocycles. The van der Waals surface area contributed by atoms with E-state index in [1.54, 1.807) is 0 Å². The Balaban J connectivity index is 1.65. The Morgan fingerprint density at radius 3 is 2.31 bits per heavy atom. The van der Waals surface area contributed by atoms with Crippen molar-refractivity contribution in [3.8, 4) is 0 Å². The maximum atomic E-state index is 12.1. The van der Waals surface area contributed by atoms with Crippen LogP contribution in [0.15, 0.2) is 48.5 Å². The maximum Gasteiger partial charge on any atom is 0.0945 e. The molecule has 1 N–H and O–H groups in total. The van der Waals surface area contributed by atoms with E-state index in [9.17, 15) is 5.11 Å². The monoisotopic (exact) mass is 349 g/mol. The molecule has 5 rings (SSSR count). The molecule has 3 fully saturated rings. The second-order valence-electron chi connectivity index (χ2n) is 8.47. The van der Waals surface area contributed by atoms with E-state index >= 15 is 0 Å². The van der Waals surface area contributed by atoms with Gasteiger partial charge in [0, 0.05) is 12.5 Å². The van der Waals surface area contributed by atoms with Crippen molar-refractivity contribution in [1.29, 1.82) is 0 Å². The molecule has 0 aliphatic carbocycles. The number of hydrogen-bond donors (Lipinski definition) is 1. The average Bonchev–Trinajstić information content (AvgIpc) is 2.68. The van der Waals surface area contributed by atoms with E-state index in [0.29, 0.717) is 11.8 Å². The highest BCUT2D eigenvalue weighted by molar-refractivity contribution is 5.33. The van der Waals surface area contributed by atoms with Crippen molar-refractivity contribution >= 4 is 0 Å². The minimum atomic E-state index is -0.736. The molecule has 0 saturated carbocycles. The molecule has 3 saturated heterocycles. The molecule has 2 bridgehead atoms. The lowest BCUT2D eigenvalue weighted by Crippen LogP contribution is -2.55. The third-order valence-electron chi connectivity index (χ3n) is 6.80. The molecular formula is C24H31NO. The Bertz CT molecular complexity index is 745. The van der Waals surface area contributed by atoms with Gasteiger partial charge in [-0.3, -0.25) is 0 Å². The minimum Gasteiger partial charge on any atom is -0.385 e. The third-order valence-corrected chi connectivity index (χ3v) is 6.80. The molecule has 2 nitrogen and oxygen atoms in total. The second-order valence-corrected chi connectivity index (χ2v) is 8.47. The molecule has 0 radical (unpaired) electrons. The molecule has 2 heteroatoms. The van der Waals surface area contributed by atoms with Crippen molar-refractivity contribution in [2.75, 3.05) is 19.6 Å². The van der Waals surface area contributed by atoms with E-state index < -0.39 is 5.60 Å². The van der Waals surface area contributed by atoms with Gasteiger partial charge in [0.15, 0.2) is 0 Å². The van der Waals surface area contributed by atoms with Gasteiger partial charge in [0.25, 0.3) is 0 Å². The van der Waals surface area contributed by atoms with Gasteiger partial charge in [-0.1, -0.05) is 54.1 Å². The molecule has 138 valence electrons. The Labute approximate surface area is 157 Å². The predicted molar refractivity (Wildman–Crippen MR) is 107 cm³/mol. The first-order valence-electron chi connectivity index (χ1n) is 10.1. The van der Waals surface area contributed by atoms with Crippen molar-refractivity contribution in [2.24, 2.45) is 11.8 Å². The fourth-order valence-corrected chi connectivity index (χ4v) is 5.17. The zero-order valence-electron chi connectivity index (χ0n) is 16.1. The van der Waals surface area contributed by atoms with Crippen LogP contribution >= 0.6 is 0 Å². The molecule has 2 unspecified atom stereocenters. The summed E-state index contributed by atoms with van der Waals surface area (Å²) in [4.78, 5) is 2.56. The van der Waals surface area contributed by atoms with Gasteiger partial charge in [-0.25, -0.2) is 0 Å². The summed E-state index contributed by atoms with van der Waals surface area (Å²) in [6.07, 6.45) is 4.21. The van der Waals surface area contributed by atoms with Crippen molar-refractivity contribution in [3.05, 3.63) is 70.8 Å². The molecule has 2 aromatic carbocycles. The number of hydrogen-bond acceptors (Lipinski definition) is 2. The van der Waals surface area contributed by atoms with Gasteiger partial charge in [0.2, 0.25) is 0 Å². The first-order valence-corrected chi connectivity index (χ1v) is 10.1. The minimum absolute atomic E-state index is 0.344. The van der Waals surface area contributed by atoms with E-state index in [-0.39, 0.29) is 0 Å². The molecule has 2 atom stereocenters. The average molecular weight is 350 g/mol. The van der Waals surface area contributed by atoms with Crippen LogP contribution in [-0.2, 0) is 12.0 Å². The number of rotatable bonds is 5. The van der Waals surface area contributed by atoms with Gasteiger partial charge in [0.05, 0.1) is 5.60 Å². The van der Waals surface area contributed by atoms with Crippen LogP contribution in [-0.4, -0.2) is 29.6 Å². The van der Waals surface area contributed by atoms with Crippen molar-refractivity contribution in [3.63, 3.8) is 0 Å². The van der Waals surface area contributed by atoms with Gasteiger partial charge in [-0.2, -0.15) is 0 Å². The van der Waals surface area contributed by atoms with Crippen molar-refractivity contribution < 1.29 is 5.11 Å². The molecule has 3 aliphatic heterocycles. The zero-order chi connectivity index (χ0) is 18.1.